The van der Waals surface area contributed by atoms with Crippen LogP contribution in [0.5, 0.6) is 0 Å². The molecule has 0 amide bonds. The van der Waals surface area contributed by atoms with E-state index in [4.69, 9.17) is 10.5 Å². The van der Waals surface area contributed by atoms with Crippen molar-refractivity contribution >= 4 is 5.82 Å². The van der Waals surface area contributed by atoms with E-state index in [-0.39, 0.29) is 0 Å². The second-order valence-electron chi connectivity index (χ2n) is 3.42. The number of hydrogen-bond donors (Lipinski definition) is 1. The number of nitrogens with two attached hydrogens (primary N) is 1. The predicted octanol–water partition coefficient (Wildman–Crippen LogP) is 1.73. The van der Waals surface area contributed by atoms with Crippen molar-refractivity contribution in [3.05, 3.63) is 23.9 Å². The maximum atomic E-state index is 5.60. The number of ether oxygens (including phenoxy) is 1. The van der Waals surface area contributed by atoms with Crippen LogP contribution >= 0.6 is 0 Å². The van der Waals surface area contributed by atoms with E-state index in [0.717, 1.165) is 5.69 Å². The molecule has 70 valence electrons. The van der Waals surface area contributed by atoms with Crippen LogP contribution in [0.4, 0.5) is 5.82 Å². The summed E-state index contributed by atoms with van der Waals surface area (Å²) in [4.78, 5) is 4.16. The molecule has 1 aliphatic rings. The normalized spacial score (nSPS) is 16.9. The average molecular weight is 178 g/mol. The van der Waals surface area contributed by atoms with E-state index in [9.17, 15) is 0 Å². The smallest absolute Gasteiger partial charge is 0.123 e. The monoisotopic (exact) mass is 178 g/mol. The second kappa shape index (κ2) is 3.75. The minimum absolute atomic E-state index is 0.461. The van der Waals surface area contributed by atoms with Crippen LogP contribution in [0.15, 0.2) is 18.2 Å². The third kappa shape index (κ3) is 2.18. The quantitative estimate of drug-likeness (QED) is 0.766. The fourth-order valence-corrected chi connectivity index (χ4v) is 1.32. The van der Waals surface area contributed by atoms with Gasteiger partial charge in [0.2, 0.25) is 0 Å². The molecule has 2 rings (SSSR count). The molecule has 1 aromatic rings. The molecular weight excluding hydrogens is 164 g/mol. The largest absolute Gasteiger partial charge is 0.384 e. The zero-order valence-electron chi connectivity index (χ0n) is 7.57. The number of aromatic nitrogens is 1. The summed E-state index contributed by atoms with van der Waals surface area (Å²) >= 11 is 0. The molecule has 0 radical (unpaired) electrons. The van der Waals surface area contributed by atoms with Crippen LogP contribution in [0.1, 0.15) is 25.0 Å². The minimum Gasteiger partial charge on any atom is -0.384 e. The summed E-state index contributed by atoms with van der Waals surface area (Å²) in [5.74, 6) is 0.565. The third-order valence-corrected chi connectivity index (χ3v) is 2.35. The summed E-state index contributed by atoms with van der Waals surface area (Å²) in [6.45, 7) is 0.593. The van der Waals surface area contributed by atoms with Gasteiger partial charge in [-0.25, -0.2) is 4.98 Å². The maximum absolute atomic E-state index is 5.60. The van der Waals surface area contributed by atoms with Crippen molar-refractivity contribution in [2.75, 3.05) is 5.73 Å². The topological polar surface area (TPSA) is 48.1 Å². The molecule has 0 atom stereocenters. The van der Waals surface area contributed by atoms with E-state index in [1.54, 1.807) is 6.07 Å². The van der Waals surface area contributed by atoms with Gasteiger partial charge in [-0.15, -0.1) is 0 Å². The fourth-order valence-electron chi connectivity index (χ4n) is 1.32. The third-order valence-electron chi connectivity index (χ3n) is 2.35. The Morgan fingerprint density at radius 2 is 2.31 bits per heavy atom. The van der Waals surface area contributed by atoms with Crippen LogP contribution in [0.3, 0.4) is 0 Å². The lowest BCUT2D eigenvalue weighted by Gasteiger charge is -2.25. The van der Waals surface area contributed by atoms with Gasteiger partial charge in [-0.2, -0.15) is 0 Å². The summed E-state index contributed by atoms with van der Waals surface area (Å²) < 4.78 is 5.60. The molecule has 0 aliphatic heterocycles. The van der Waals surface area contributed by atoms with Gasteiger partial charge in [0.25, 0.3) is 0 Å². The Morgan fingerprint density at radius 1 is 1.46 bits per heavy atom. The summed E-state index contributed by atoms with van der Waals surface area (Å²) in [5.41, 5.74) is 6.47. The van der Waals surface area contributed by atoms with Gasteiger partial charge in [-0.3, -0.25) is 0 Å². The lowest BCUT2D eigenvalue weighted by molar-refractivity contribution is -0.0100. The van der Waals surface area contributed by atoms with Crippen molar-refractivity contribution in [3.63, 3.8) is 0 Å². The number of rotatable bonds is 3. The van der Waals surface area contributed by atoms with Crippen molar-refractivity contribution in [1.29, 1.82) is 0 Å². The summed E-state index contributed by atoms with van der Waals surface area (Å²) in [6, 6.07) is 5.63. The highest BCUT2D eigenvalue weighted by atomic mass is 16.5. The van der Waals surface area contributed by atoms with Crippen LogP contribution in [0.25, 0.3) is 0 Å². The lowest BCUT2D eigenvalue weighted by Crippen LogP contribution is -2.21. The standard InChI is InChI=1S/C10H14N2O/c11-10-6-1-3-8(12-10)7-13-9-4-2-5-9/h1,3,6,9H,2,4-5,7H2,(H2,11,12). The molecule has 1 fully saturated rings. The Morgan fingerprint density at radius 3 is 2.92 bits per heavy atom. The van der Waals surface area contributed by atoms with Gasteiger partial charge >= 0.3 is 0 Å². The van der Waals surface area contributed by atoms with Crippen LogP contribution in [-0.4, -0.2) is 11.1 Å². The Bertz CT molecular complexity index is 284. The maximum Gasteiger partial charge on any atom is 0.123 e. The van der Waals surface area contributed by atoms with E-state index < -0.39 is 0 Å². The first-order chi connectivity index (χ1) is 6.34. The van der Waals surface area contributed by atoms with Gasteiger partial charge < -0.3 is 10.5 Å². The van der Waals surface area contributed by atoms with Gasteiger partial charge in [0.15, 0.2) is 0 Å². The lowest BCUT2D eigenvalue weighted by atomic mass is 9.96. The van der Waals surface area contributed by atoms with E-state index in [1.807, 2.05) is 12.1 Å². The summed E-state index contributed by atoms with van der Waals surface area (Å²) in [7, 11) is 0. The van der Waals surface area contributed by atoms with Crippen molar-refractivity contribution in [3.8, 4) is 0 Å². The molecule has 1 saturated carbocycles. The molecule has 3 heteroatoms. The highest BCUT2D eigenvalue weighted by Gasteiger charge is 2.17. The van der Waals surface area contributed by atoms with Crippen molar-refractivity contribution in [2.24, 2.45) is 0 Å². The zero-order chi connectivity index (χ0) is 9.10. The van der Waals surface area contributed by atoms with E-state index in [0.29, 0.717) is 18.5 Å². The second-order valence-corrected chi connectivity index (χ2v) is 3.42. The highest BCUT2D eigenvalue weighted by Crippen LogP contribution is 2.22. The fraction of sp³-hybridized carbons (Fsp3) is 0.500. The van der Waals surface area contributed by atoms with E-state index in [2.05, 4.69) is 4.98 Å². The Kier molecular flexibility index (Phi) is 2.45. The number of nitrogen functional groups attached to an aromatic ring is 1. The first-order valence-electron chi connectivity index (χ1n) is 4.67. The molecule has 0 spiro atoms. The SMILES string of the molecule is Nc1cccc(COC2CCC2)n1. The van der Waals surface area contributed by atoms with Crippen LogP contribution in [-0.2, 0) is 11.3 Å². The van der Waals surface area contributed by atoms with Crippen LogP contribution in [0, 0.1) is 0 Å². The molecule has 1 aliphatic carbocycles. The van der Waals surface area contributed by atoms with Gasteiger partial charge in [-0.1, -0.05) is 6.07 Å². The Balaban J connectivity index is 1.86. The van der Waals surface area contributed by atoms with Crippen LogP contribution < -0.4 is 5.73 Å². The Hall–Kier alpha value is -1.09. The average Bonchev–Trinajstić information content (AvgIpc) is 2.01. The van der Waals surface area contributed by atoms with Gasteiger partial charge in [-0.05, 0) is 31.4 Å². The minimum atomic E-state index is 0.461. The first kappa shape index (κ1) is 8.51. The number of anilines is 1. The zero-order valence-corrected chi connectivity index (χ0v) is 7.57. The molecule has 2 N–H and O–H groups in total. The van der Waals surface area contributed by atoms with Gasteiger partial charge in [0.05, 0.1) is 18.4 Å². The first-order valence-corrected chi connectivity index (χ1v) is 4.67. The molecule has 0 unspecified atom stereocenters. The van der Waals surface area contributed by atoms with Crippen molar-refractivity contribution in [2.45, 2.75) is 32.0 Å². The molecular formula is C10H14N2O. The molecule has 13 heavy (non-hydrogen) atoms. The predicted molar refractivity (Wildman–Crippen MR) is 51.1 cm³/mol. The molecule has 1 aromatic heterocycles. The molecule has 0 aromatic carbocycles. The molecule has 0 saturated heterocycles. The summed E-state index contributed by atoms with van der Waals surface area (Å²) in [5, 5.41) is 0. The van der Waals surface area contributed by atoms with E-state index in [1.165, 1.54) is 19.3 Å². The Labute approximate surface area is 77.9 Å². The number of hydrogen-bond acceptors (Lipinski definition) is 3. The molecule has 1 heterocycles. The van der Waals surface area contributed by atoms with E-state index >= 15 is 0 Å². The highest BCUT2D eigenvalue weighted by molar-refractivity contribution is 5.28. The van der Waals surface area contributed by atoms with Gasteiger partial charge in [0, 0.05) is 0 Å². The number of nitrogens with zero attached hydrogens (tertiary/aromatic N) is 1. The molecule has 0 bridgehead atoms. The van der Waals surface area contributed by atoms with Crippen molar-refractivity contribution in [1.82, 2.24) is 4.98 Å². The summed E-state index contributed by atoms with van der Waals surface area (Å²) in [6.07, 6.45) is 4.16. The molecule has 3 nitrogen and oxygen atoms in total. The van der Waals surface area contributed by atoms with Crippen molar-refractivity contribution < 1.29 is 4.74 Å². The number of pyridine rings is 1. The van der Waals surface area contributed by atoms with Crippen LogP contribution in [0.2, 0.25) is 0 Å². The van der Waals surface area contributed by atoms with Gasteiger partial charge in [0.1, 0.15) is 5.82 Å².